The predicted octanol–water partition coefficient (Wildman–Crippen LogP) is 4.41. The Bertz CT molecular complexity index is 1560. The van der Waals surface area contributed by atoms with Crippen LogP contribution in [0.3, 0.4) is 0 Å². The van der Waals surface area contributed by atoms with Gasteiger partial charge in [-0.3, -0.25) is 14.8 Å². The molecule has 1 amide bonds. The largest absolute Gasteiger partial charge is 0.417 e. The van der Waals surface area contributed by atoms with Gasteiger partial charge in [0.15, 0.2) is 0 Å². The second kappa shape index (κ2) is 9.17. The number of nitrogens with zero attached hydrogens (tertiary/aromatic N) is 6. The lowest BCUT2D eigenvalue weighted by molar-refractivity contribution is -0.137. The quantitative estimate of drug-likeness (QED) is 0.364. The molecule has 0 saturated carbocycles. The van der Waals surface area contributed by atoms with Crippen LogP contribution in [0.25, 0.3) is 21.7 Å². The summed E-state index contributed by atoms with van der Waals surface area (Å²) in [7, 11) is 0. The highest BCUT2D eigenvalue weighted by Gasteiger charge is 2.31. The van der Waals surface area contributed by atoms with Crippen molar-refractivity contribution in [2.24, 2.45) is 0 Å². The highest BCUT2D eigenvalue weighted by Crippen LogP contribution is 2.30. The summed E-state index contributed by atoms with van der Waals surface area (Å²) < 4.78 is 38.8. The average Bonchev–Trinajstić information content (AvgIpc) is 2.88. The van der Waals surface area contributed by atoms with Crippen LogP contribution < -0.4 is 5.73 Å². The molecule has 0 aliphatic rings. The highest BCUT2D eigenvalue weighted by molar-refractivity contribution is 6.11. The van der Waals surface area contributed by atoms with Crippen molar-refractivity contribution < 1.29 is 18.0 Å². The zero-order valence-electron chi connectivity index (χ0n) is 18.6. The minimum atomic E-state index is -4.50. The van der Waals surface area contributed by atoms with Gasteiger partial charge in [-0.15, -0.1) is 0 Å². The van der Waals surface area contributed by atoms with Gasteiger partial charge in [0, 0.05) is 52.7 Å². The summed E-state index contributed by atoms with van der Waals surface area (Å²) in [6.45, 7) is -0.0156. The van der Waals surface area contributed by atoms with Crippen molar-refractivity contribution in [2.75, 3.05) is 5.73 Å². The molecule has 0 aliphatic heterocycles. The van der Waals surface area contributed by atoms with E-state index >= 15 is 0 Å². The van der Waals surface area contributed by atoms with Crippen LogP contribution in [-0.4, -0.2) is 35.7 Å². The molecule has 36 heavy (non-hydrogen) atoms. The SMILES string of the molecule is Nc1nc2ccc(C(=O)N(Cc3ccc(C(F)(F)F)cn3)Cc3ncccn3)cc2c2cnccc12. The third-order valence-electron chi connectivity index (χ3n) is 5.62. The molecule has 1 aromatic carbocycles. The van der Waals surface area contributed by atoms with Gasteiger partial charge in [-0.1, -0.05) is 0 Å². The summed E-state index contributed by atoms with van der Waals surface area (Å²) in [6.07, 6.45) is 2.62. The lowest BCUT2D eigenvalue weighted by Gasteiger charge is -2.22. The second-order valence-electron chi connectivity index (χ2n) is 8.01. The third kappa shape index (κ3) is 4.63. The fourth-order valence-corrected chi connectivity index (χ4v) is 3.85. The molecule has 0 atom stereocenters. The Morgan fingerprint density at radius 3 is 2.42 bits per heavy atom. The first-order valence-corrected chi connectivity index (χ1v) is 10.8. The van der Waals surface area contributed by atoms with E-state index in [0.717, 1.165) is 17.6 Å². The molecular weight excluding hydrogens is 471 g/mol. The van der Waals surface area contributed by atoms with Crippen molar-refractivity contribution >= 4 is 33.4 Å². The number of hydrogen-bond acceptors (Lipinski definition) is 7. The molecule has 5 aromatic rings. The summed E-state index contributed by atoms with van der Waals surface area (Å²) in [4.78, 5) is 35.9. The van der Waals surface area contributed by atoms with Crippen LogP contribution in [0.4, 0.5) is 19.0 Å². The Hall–Kier alpha value is -4.67. The normalized spacial score (nSPS) is 11.6. The third-order valence-corrected chi connectivity index (χ3v) is 5.62. The molecule has 4 aromatic heterocycles. The molecule has 2 N–H and O–H groups in total. The smallest absolute Gasteiger partial charge is 0.383 e. The van der Waals surface area contributed by atoms with Crippen LogP contribution >= 0.6 is 0 Å². The molecule has 0 bridgehead atoms. The number of pyridine rings is 3. The van der Waals surface area contributed by atoms with Crippen LogP contribution in [0.2, 0.25) is 0 Å². The monoisotopic (exact) mass is 489 g/mol. The van der Waals surface area contributed by atoms with Gasteiger partial charge in [0.1, 0.15) is 11.6 Å². The van der Waals surface area contributed by atoms with Gasteiger partial charge in [-0.2, -0.15) is 13.2 Å². The Kier molecular flexibility index (Phi) is 5.88. The van der Waals surface area contributed by atoms with E-state index in [1.807, 2.05) is 0 Å². The zero-order valence-corrected chi connectivity index (χ0v) is 18.6. The molecule has 0 spiro atoms. The molecule has 5 rings (SSSR count). The summed E-state index contributed by atoms with van der Waals surface area (Å²) in [5.74, 6) is 0.359. The molecule has 0 fully saturated rings. The maximum absolute atomic E-state index is 13.6. The first kappa shape index (κ1) is 23.1. The minimum Gasteiger partial charge on any atom is -0.383 e. The van der Waals surface area contributed by atoms with Crippen LogP contribution in [0.5, 0.6) is 0 Å². The first-order valence-electron chi connectivity index (χ1n) is 10.8. The maximum atomic E-state index is 13.6. The lowest BCUT2D eigenvalue weighted by Crippen LogP contribution is -2.31. The van der Waals surface area contributed by atoms with Gasteiger partial charge in [-0.05, 0) is 42.5 Å². The first-order chi connectivity index (χ1) is 17.3. The lowest BCUT2D eigenvalue weighted by atomic mass is 10.0. The number of nitrogen functional groups attached to an aromatic ring is 1. The van der Waals surface area contributed by atoms with E-state index in [1.165, 1.54) is 11.0 Å². The Morgan fingerprint density at radius 2 is 1.69 bits per heavy atom. The van der Waals surface area contributed by atoms with Gasteiger partial charge in [0.2, 0.25) is 0 Å². The molecule has 4 heterocycles. The van der Waals surface area contributed by atoms with Gasteiger partial charge in [0.25, 0.3) is 5.91 Å². The van der Waals surface area contributed by atoms with Crippen molar-refractivity contribution in [3.8, 4) is 0 Å². The van der Waals surface area contributed by atoms with Crippen LogP contribution in [0, 0.1) is 0 Å². The fourth-order valence-electron chi connectivity index (χ4n) is 3.85. The number of benzene rings is 1. The van der Waals surface area contributed by atoms with Gasteiger partial charge >= 0.3 is 6.18 Å². The van der Waals surface area contributed by atoms with Gasteiger partial charge < -0.3 is 10.6 Å². The highest BCUT2D eigenvalue weighted by atomic mass is 19.4. The number of fused-ring (bicyclic) bond motifs is 3. The number of amides is 1. The number of alkyl halides is 3. The van der Waals surface area contributed by atoms with E-state index in [9.17, 15) is 18.0 Å². The number of aromatic nitrogens is 5. The number of hydrogen-bond donors (Lipinski definition) is 1. The molecule has 11 heteroatoms. The second-order valence-corrected chi connectivity index (χ2v) is 8.01. The Balaban J connectivity index is 1.52. The maximum Gasteiger partial charge on any atom is 0.417 e. The van der Waals surface area contributed by atoms with Crippen molar-refractivity contribution in [1.82, 2.24) is 29.8 Å². The fraction of sp³-hybridized carbons (Fsp3) is 0.120. The molecule has 0 unspecified atom stereocenters. The molecule has 180 valence electrons. The zero-order chi connectivity index (χ0) is 25.3. The molecular formula is C25H18F3N7O. The summed E-state index contributed by atoms with van der Waals surface area (Å²) in [5, 5.41) is 2.16. The van der Waals surface area contributed by atoms with Crippen molar-refractivity contribution in [1.29, 1.82) is 0 Å². The topological polar surface area (TPSA) is 111 Å². The van der Waals surface area contributed by atoms with Crippen molar-refractivity contribution in [2.45, 2.75) is 19.3 Å². The van der Waals surface area contributed by atoms with E-state index in [0.29, 0.717) is 33.5 Å². The standard InChI is InChI=1S/C25H18F3N7O/c26-25(27,28)16-3-4-17(33-11-16)13-35(14-22-31-7-1-8-32-22)24(36)15-2-5-21-19(10-15)20-12-30-9-6-18(20)23(29)34-21/h1-12H,13-14H2,(H2,29,34). The molecule has 0 radical (unpaired) electrons. The van der Waals surface area contributed by atoms with Gasteiger partial charge in [0.05, 0.1) is 29.9 Å². The van der Waals surface area contributed by atoms with Crippen molar-refractivity contribution in [3.63, 3.8) is 0 Å². The Labute approximate surface area is 202 Å². The molecule has 8 nitrogen and oxygen atoms in total. The number of rotatable bonds is 5. The molecule has 0 saturated heterocycles. The van der Waals surface area contributed by atoms with E-state index < -0.39 is 11.7 Å². The van der Waals surface area contributed by atoms with E-state index in [4.69, 9.17) is 5.73 Å². The number of halogens is 3. The summed E-state index contributed by atoms with van der Waals surface area (Å²) in [6, 6.07) is 10.6. The minimum absolute atomic E-state index is 0.0305. The van der Waals surface area contributed by atoms with E-state index in [-0.39, 0.29) is 24.7 Å². The molecule has 0 aliphatic carbocycles. The predicted molar refractivity (Wildman–Crippen MR) is 126 cm³/mol. The number of carbonyl (C=O) groups is 1. The average molecular weight is 489 g/mol. The number of nitrogens with two attached hydrogens (primary N) is 1. The summed E-state index contributed by atoms with van der Waals surface area (Å²) in [5.41, 5.74) is 6.45. The number of anilines is 1. The van der Waals surface area contributed by atoms with E-state index in [1.54, 1.807) is 55.1 Å². The Morgan fingerprint density at radius 1 is 0.889 bits per heavy atom. The van der Waals surface area contributed by atoms with E-state index in [2.05, 4.69) is 24.9 Å². The van der Waals surface area contributed by atoms with Crippen LogP contribution in [0.1, 0.15) is 27.4 Å². The summed E-state index contributed by atoms with van der Waals surface area (Å²) >= 11 is 0. The van der Waals surface area contributed by atoms with Crippen LogP contribution in [-0.2, 0) is 19.3 Å². The van der Waals surface area contributed by atoms with Gasteiger partial charge in [-0.25, -0.2) is 15.0 Å². The number of carbonyl (C=O) groups excluding carboxylic acids is 1. The van der Waals surface area contributed by atoms with Crippen LogP contribution in [0.15, 0.2) is 73.4 Å². The van der Waals surface area contributed by atoms with Crippen molar-refractivity contribution in [3.05, 3.63) is 96.1 Å².